The molecule has 1 unspecified atom stereocenters. The number of hydrogen-bond donors (Lipinski definition) is 3. The molecule has 0 fully saturated rings. The molecule has 0 saturated carbocycles. The molecule has 0 spiro atoms. The lowest BCUT2D eigenvalue weighted by Crippen LogP contribution is -2.40. The minimum atomic E-state index is -0.433. The highest BCUT2D eigenvalue weighted by atomic mass is 35.5. The van der Waals surface area contributed by atoms with Crippen molar-refractivity contribution in [2.75, 3.05) is 18.9 Å². The van der Waals surface area contributed by atoms with Gasteiger partial charge in [-0.25, -0.2) is 4.79 Å². The summed E-state index contributed by atoms with van der Waals surface area (Å²) >= 11 is 7.61. The maximum absolute atomic E-state index is 11.8. The van der Waals surface area contributed by atoms with Crippen molar-refractivity contribution >= 4 is 29.4 Å². The maximum Gasteiger partial charge on any atom is 0.315 e. The molecule has 0 aliphatic carbocycles. The lowest BCUT2D eigenvalue weighted by Gasteiger charge is -2.19. The highest BCUT2D eigenvalue weighted by Crippen LogP contribution is 2.22. The predicted molar refractivity (Wildman–Crippen MR) is 90.0 cm³/mol. The second-order valence-electron chi connectivity index (χ2n) is 5.65. The van der Waals surface area contributed by atoms with Crippen molar-refractivity contribution in [2.24, 2.45) is 0 Å². The fourth-order valence-corrected chi connectivity index (χ4v) is 2.60. The van der Waals surface area contributed by atoms with Crippen LogP contribution >= 0.6 is 23.4 Å². The summed E-state index contributed by atoms with van der Waals surface area (Å²) in [6.07, 6.45) is 0. The number of urea groups is 1. The molecule has 0 aliphatic rings. The summed E-state index contributed by atoms with van der Waals surface area (Å²) in [5.41, 5.74) is 0.820. The third-order valence-electron chi connectivity index (χ3n) is 2.68. The molecule has 1 rings (SSSR count). The van der Waals surface area contributed by atoms with Gasteiger partial charge in [0.15, 0.2) is 0 Å². The fourth-order valence-electron chi connectivity index (χ4n) is 1.66. The van der Waals surface area contributed by atoms with E-state index in [-0.39, 0.29) is 17.4 Å². The molecule has 1 aromatic carbocycles. The average molecular weight is 331 g/mol. The SMILES string of the molecule is CC(C)(C)SCCNC(=O)NC(CO)c1ccc(Cl)cc1. The Balaban J connectivity index is 2.39. The molecule has 21 heavy (non-hydrogen) atoms. The van der Waals surface area contributed by atoms with E-state index in [1.807, 2.05) is 0 Å². The van der Waals surface area contributed by atoms with Gasteiger partial charge in [-0.05, 0) is 17.7 Å². The van der Waals surface area contributed by atoms with E-state index in [4.69, 9.17) is 11.6 Å². The van der Waals surface area contributed by atoms with E-state index in [0.717, 1.165) is 11.3 Å². The topological polar surface area (TPSA) is 61.4 Å². The summed E-state index contributed by atoms with van der Waals surface area (Å²) in [4.78, 5) is 11.8. The molecule has 4 nitrogen and oxygen atoms in total. The number of hydrogen-bond acceptors (Lipinski definition) is 3. The van der Waals surface area contributed by atoms with Gasteiger partial charge < -0.3 is 15.7 Å². The van der Waals surface area contributed by atoms with E-state index in [9.17, 15) is 9.90 Å². The zero-order valence-electron chi connectivity index (χ0n) is 12.6. The second-order valence-corrected chi connectivity index (χ2v) is 8.01. The number of carbonyl (C=O) groups is 1. The number of aliphatic hydroxyl groups excluding tert-OH is 1. The summed E-state index contributed by atoms with van der Waals surface area (Å²) in [5, 5.41) is 15.6. The van der Waals surface area contributed by atoms with E-state index in [0.29, 0.717) is 11.6 Å². The summed E-state index contributed by atoms with van der Waals surface area (Å²) in [5.74, 6) is 0.849. The Hall–Kier alpha value is -0.910. The molecule has 0 aromatic heterocycles. The normalized spacial score (nSPS) is 12.8. The molecule has 1 aromatic rings. The van der Waals surface area contributed by atoms with Crippen LogP contribution in [0.15, 0.2) is 24.3 Å². The zero-order chi connectivity index (χ0) is 15.9. The van der Waals surface area contributed by atoms with Crippen molar-refractivity contribution in [1.29, 1.82) is 0 Å². The molecular formula is C15H23ClN2O2S. The Morgan fingerprint density at radius 2 is 1.95 bits per heavy atom. The Bertz CT molecular complexity index is 446. The summed E-state index contributed by atoms with van der Waals surface area (Å²) in [6.45, 7) is 6.85. The number of carbonyl (C=O) groups excluding carboxylic acids is 1. The number of halogens is 1. The minimum Gasteiger partial charge on any atom is -0.394 e. The van der Waals surface area contributed by atoms with Crippen molar-refractivity contribution in [3.05, 3.63) is 34.9 Å². The van der Waals surface area contributed by atoms with Crippen LogP contribution in [-0.4, -0.2) is 34.8 Å². The van der Waals surface area contributed by atoms with E-state index in [1.165, 1.54) is 0 Å². The molecule has 1 atom stereocenters. The number of benzene rings is 1. The highest BCUT2D eigenvalue weighted by molar-refractivity contribution is 8.00. The van der Waals surface area contributed by atoms with E-state index in [1.54, 1.807) is 36.0 Å². The van der Waals surface area contributed by atoms with Crippen LogP contribution in [0.1, 0.15) is 32.4 Å². The first kappa shape index (κ1) is 18.1. The Labute approximate surface area is 135 Å². The van der Waals surface area contributed by atoms with Crippen LogP contribution in [0.2, 0.25) is 5.02 Å². The molecule has 0 bridgehead atoms. The molecule has 3 N–H and O–H groups in total. The average Bonchev–Trinajstić information content (AvgIpc) is 2.41. The molecule has 0 aliphatic heterocycles. The van der Waals surface area contributed by atoms with Crippen LogP contribution in [0.5, 0.6) is 0 Å². The lowest BCUT2D eigenvalue weighted by molar-refractivity contribution is 0.217. The van der Waals surface area contributed by atoms with Gasteiger partial charge in [0.05, 0.1) is 12.6 Å². The number of thioether (sulfide) groups is 1. The van der Waals surface area contributed by atoms with Crippen LogP contribution in [0.3, 0.4) is 0 Å². The molecule has 0 radical (unpaired) electrons. The Morgan fingerprint density at radius 1 is 1.33 bits per heavy atom. The van der Waals surface area contributed by atoms with Gasteiger partial charge in [0.1, 0.15) is 0 Å². The first-order chi connectivity index (χ1) is 9.81. The first-order valence-corrected chi connectivity index (χ1v) is 8.23. The predicted octanol–water partition coefficient (Wildman–Crippen LogP) is 3.20. The van der Waals surface area contributed by atoms with Gasteiger partial charge in [-0.15, -0.1) is 0 Å². The van der Waals surface area contributed by atoms with Crippen LogP contribution in [0.25, 0.3) is 0 Å². The van der Waals surface area contributed by atoms with E-state index >= 15 is 0 Å². The van der Waals surface area contributed by atoms with Gasteiger partial charge in [-0.2, -0.15) is 11.8 Å². The van der Waals surface area contributed by atoms with Crippen molar-refractivity contribution < 1.29 is 9.90 Å². The smallest absolute Gasteiger partial charge is 0.315 e. The summed E-state index contributed by atoms with van der Waals surface area (Å²) in [7, 11) is 0. The standard InChI is InChI=1S/C15H23ClN2O2S/c1-15(2,3)21-9-8-17-14(20)18-13(10-19)11-4-6-12(16)7-5-11/h4-7,13,19H,8-10H2,1-3H3,(H2,17,18,20). The maximum atomic E-state index is 11.8. The zero-order valence-corrected chi connectivity index (χ0v) is 14.2. The number of amides is 2. The third kappa shape index (κ3) is 7.60. The largest absolute Gasteiger partial charge is 0.394 e. The molecule has 0 saturated heterocycles. The third-order valence-corrected chi connectivity index (χ3v) is 4.21. The molecule has 0 heterocycles. The number of nitrogens with one attached hydrogen (secondary N) is 2. The van der Waals surface area contributed by atoms with Crippen molar-refractivity contribution in [3.63, 3.8) is 0 Å². The van der Waals surface area contributed by atoms with Gasteiger partial charge in [-0.1, -0.05) is 44.5 Å². The van der Waals surface area contributed by atoms with Gasteiger partial charge in [0.25, 0.3) is 0 Å². The molecular weight excluding hydrogens is 308 g/mol. The van der Waals surface area contributed by atoms with E-state index in [2.05, 4.69) is 31.4 Å². The quantitative estimate of drug-likeness (QED) is 0.702. The summed E-state index contributed by atoms with van der Waals surface area (Å²) in [6, 6.07) is 6.34. The number of rotatable bonds is 6. The van der Waals surface area contributed by atoms with Gasteiger partial charge >= 0.3 is 6.03 Å². The van der Waals surface area contributed by atoms with E-state index < -0.39 is 6.04 Å². The van der Waals surface area contributed by atoms with Gasteiger partial charge in [0.2, 0.25) is 0 Å². The highest BCUT2D eigenvalue weighted by Gasteiger charge is 2.14. The van der Waals surface area contributed by atoms with Crippen molar-refractivity contribution in [2.45, 2.75) is 31.6 Å². The second kappa shape index (κ2) is 8.51. The molecule has 2 amide bonds. The van der Waals surface area contributed by atoms with Gasteiger partial charge in [-0.3, -0.25) is 0 Å². The lowest BCUT2D eigenvalue weighted by atomic mass is 10.1. The van der Waals surface area contributed by atoms with Crippen LogP contribution in [0.4, 0.5) is 4.79 Å². The van der Waals surface area contributed by atoms with Crippen molar-refractivity contribution in [3.8, 4) is 0 Å². The minimum absolute atomic E-state index is 0.161. The Kier molecular flexibility index (Phi) is 7.35. The number of aliphatic hydroxyl groups is 1. The van der Waals surface area contributed by atoms with Crippen LogP contribution < -0.4 is 10.6 Å². The van der Waals surface area contributed by atoms with Gasteiger partial charge in [0, 0.05) is 22.1 Å². The van der Waals surface area contributed by atoms with Crippen LogP contribution in [0, 0.1) is 0 Å². The summed E-state index contributed by atoms with van der Waals surface area (Å²) < 4.78 is 0.190. The molecule has 118 valence electrons. The van der Waals surface area contributed by atoms with Crippen molar-refractivity contribution in [1.82, 2.24) is 10.6 Å². The fraction of sp³-hybridized carbons (Fsp3) is 0.533. The Morgan fingerprint density at radius 3 is 2.48 bits per heavy atom. The molecule has 6 heteroatoms. The monoisotopic (exact) mass is 330 g/mol. The first-order valence-electron chi connectivity index (χ1n) is 6.86. The van der Waals surface area contributed by atoms with Crippen LogP contribution in [-0.2, 0) is 0 Å².